The molecule has 3 N–H and O–H groups in total. The number of hydrogen-bond donors (Lipinski definition) is 2. The van der Waals surface area contributed by atoms with Gasteiger partial charge in [0.05, 0.1) is 11.1 Å². The molecule has 36 heavy (non-hydrogen) atoms. The number of hydrogen-bond acceptors (Lipinski definition) is 8. The second-order valence-electron chi connectivity index (χ2n) is 7.88. The van der Waals surface area contributed by atoms with Crippen LogP contribution in [0.25, 0.3) is 22.3 Å². The molecule has 0 atom stereocenters. The molecule has 0 radical (unpaired) electrons. The number of nitrogens with one attached hydrogen (secondary N) is 1. The summed E-state index contributed by atoms with van der Waals surface area (Å²) < 4.78 is 34.4. The summed E-state index contributed by atoms with van der Waals surface area (Å²) in [6.45, 7) is 0.915. The van der Waals surface area contributed by atoms with Gasteiger partial charge in [0.1, 0.15) is 30.3 Å². The Labute approximate surface area is 209 Å². The molecule has 1 aliphatic heterocycles. The molecule has 1 aliphatic rings. The second kappa shape index (κ2) is 11.6. The first-order valence-corrected chi connectivity index (χ1v) is 12.7. The maximum atomic E-state index is 11.4. The Morgan fingerprint density at radius 2 is 1.69 bits per heavy atom. The lowest BCUT2D eigenvalue weighted by molar-refractivity contribution is 0.269. The first kappa shape index (κ1) is 25.1. The molecule has 3 heterocycles. The van der Waals surface area contributed by atoms with Gasteiger partial charge in [-0.1, -0.05) is 30.5 Å². The van der Waals surface area contributed by atoms with Crippen LogP contribution >= 0.6 is 0 Å². The molecule has 2 aromatic heterocycles. The number of nitrogen functional groups attached to an aromatic ring is 1. The van der Waals surface area contributed by atoms with Crippen LogP contribution < -0.4 is 10.5 Å². The van der Waals surface area contributed by atoms with Crippen molar-refractivity contribution in [3.05, 3.63) is 60.9 Å². The summed E-state index contributed by atoms with van der Waals surface area (Å²) in [6, 6.07) is 17.3. The van der Waals surface area contributed by atoms with Crippen molar-refractivity contribution < 1.29 is 17.3 Å². The van der Waals surface area contributed by atoms with Gasteiger partial charge in [0.25, 0.3) is 0 Å². The Balaban J connectivity index is 0.000000200. The summed E-state index contributed by atoms with van der Waals surface area (Å²) in [5.41, 5.74) is 8.22. The van der Waals surface area contributed by atoms with Gasteiger partial charge in [-0.05, 0) is 49.2 Å². The summed E-state index contributed by atoms with van der Waals surface area (Å²) in [6.07, 6.45) is 9.20. The lowest BCUT2D eigenvalue weighted by Crippen LogP contribution is -2.36. The molecular formula is C25H26N6O4S. The van der Waals surface area contributed by atoms with Crippen LogP contribution in [0.2, 0.25) is 0 Å². The van der Waals surface area contributed by atoms with E-state index in [4.69, 9.17) is 16.9 Å². The number of anilines is 1. The summed E-state index contributed by atoms with van der Waals surface area (Å²) in [5, 5.41) is 7.85. The van der Waals surface area contributed by atoms with Crippen LogP contribution in [-0.4, -0.2) is 52.6 Å². The van der Waals surface area contributed by atoms with Gasteiger partial charge < -0.3 is 10.5 Å². The van der Waals surface area contributed by atoms with Gasteiger partial charge in [-0.25, -0.2) is 14.2 Å². The third kappa shape index (κ3) is 6.17. The fourth-order valence-corrected chi connectivity index (χ4v) is 4.74. The van der Waals surface area contributed by atoms with E-state index in [1.54, 1.807) is 0 Å². The van der Waals surface area contributed by atoms with E-state index < -0.39 is 10.3 Å². The molecule has 1 fully saturated rings. The lowest BCUT2D eigenvalue weighted by atomic mass is 10.1. The molecule has 0 amide bonds. The number of benzene rings is 2. The number of aromatic nitrogens is 4. The predicted octanol–water partition coefficient (Wildman–Crippen LogP) is 3.76. The number of nitrogens with two attached hydrogens (primary N) is 1. The predicted molar refractivity (Wildman–Crippen MR) is 137 cm³/mol. The van der Waals surface area contributed by atoms with Gasteiger partial charge >= 0.3 is 10.3 Å². The Kier molecular flexibility index (Phi) is 8.12. The zero-order valence-corrected chi connectivity index (χ0v) is 20.3. The molecule has 11 heteroatoms. The van der Waals surface area contributed by atoms with Crippen molar-refractivity contribution in [3.8, 4) is 35.1 Å². The minimum absolute atomic E-state index is 0.182. The monoisotopic (exact) mass is 506 g/mol. The third-order valence-electron chi connectivity index (χ3n) is 5.42. The number of ether oxygens (including phenoxy) is 1. The minimum Gasteiger partial charge on any atom is -0.457 e. The van der Waals surface area contributed by atoms with E-state index in [9.17, 15) is 8.42 Å². The van der Waals surface area contributed by atoms with Crippen LogP contribution in [-0.2, 0) is 14.5 Å². The van der Waals surface area contributed by atoms with Crippen LogP contribution in [0, 0.1) is 12.3 Å². The van der Waals surface area contributed by atoms with E-state index in [0.29, 0.717) is 24.6 Å². The summed E-state index contributed by atoms with van der Waals surface area (Å²) >= 11 is 0. The molecule has 1 saturated heterocycles. The number of aromatic amines is 1. The number of fused-ring (bicyclic) bond motifs is 1. The number of H-pyrrole nitrogens is 1. The van der Waals surface area contributed by atoms with Gasteiger partial charge in [0.2, 0.25) is 0 Å². The minimum atomic E-state index is -3.55. The Bertz CT molecular complexity index is 1430. The van der Waals surface area contributed by atoms with Crippen LogP contribution in [0.4, 0.5) is 5.82 Å². The fraction of sp³-hybridized carbons (Fsp3) is 0.240. The highest BCUT2D eigenvalue weighted by molar-refractivity contribution is 7.84. The summed E-state index contributed by atoms with van der Waals surface area (Å²) in [4.78, 5) is 8.12. The van der Waals surface area contributed by atoms with E-state index in [-0.39, 0.29) is 6.61 Å². The maximum absolute atomic E-state index is 11.4. The van der Waals surface area contributed by atoms with Gasteiger partial charge in [-0.2, -0.15) is 17.8 Å². The molecule has 10 nitrogen and oxygen atoms in total. The SMILES string of the molecule is C#CCOS(=O)(=O)N1CCCCC1.Nc1ncnc2n[nH]c(-c3ccc(Oc4ccccc4)cc3)c12. The molecule has 0 bridgehead atoms. The summed E-state index contributed by atoms with van der Waals surface area (Å²) in [7, 11) is -3.55. The van der Waals surface area contributed by atoms with E-state index >= 15 is 0 Å². The highest BCUT2D eigenvalue weighted by Gasteiger charge is 2.24. The lowest BCUT2D eigenvalue weighted by Gasteiger charge is -2.24. The van der Waals surface area contributed by atoms with Crippen molar-refractivity contribution in [2.24, 2.45) is 0 Å². The van der Waals surface area contributed by atoms with Crippen LogP contribution in [0.1, 0.15) is 19.3 Å². The highest BCUT2D eigenvalue weighted by Crippen LogP contribution is 2.30. The molecule has 0 unspecified atom stereocenters. The van der Waals surface area contributed by atoms with Gasteiger partial charge in [-0.15, -0.1) is 6.42 Å². The number of piperidine rings is 1. The van der Waals surface area contributed by atoms with E-state index in [1.165, 1.54) is 10.6 Å². The molecule has 186 valence electrons. The van der Waals surface area contributed by atoms with Gasteiger partial charge in [0.15, 0.2) is 5.65 Å². The van der Waals surface area contributed by atoms with Crippen molar-refractivity contribution >= 4 is 27.2 Å². The quantitative estimate of drug-likeness (QED) is 0.377. The van der Waals surface area contributed by atoms with Crippen molar-refractivity contribution in [1.82, 2.24) is 24.5 Å². The summed E-state index contributed by atoms with van der Waals surface area (Å²) in [5.74, 6) is 4.09. The molecule has 0 saturated carbocycles. The average molecular weight is 507 g/mol. The van der Waals surface area contributed by atoms with Crippen molar-refractivity contribution in [2.45, 2.75) is 19.3 Å². The van der Waals surface area contributed by atoms with Crippen LogP contribution in [0.15, 0.2) is 60.9 Å². The molecule has 5 rings (SSSR count). The van der Waals surface area contributed by atoms with Crippen molar-refractivity contribution in [2.75, 3.05) is 25.4 Å². The number of terminal acetylenes is 1. The average Bonchev–Trinajstić information content (AvgIpc) is 3.35. The van der Waals surface area contributed by atoms with Crippen molar-refractivity contribution in [1.29, 1.82) is 0 Å². The Morgan fingerprint density at radius 3 is 2.39 bits per heavy atom. The highest BCUT2D eigenvalue weighted by atomic mass is 32.2. The van der Waals surface area contributed by atoms with Gasteiger partial charge in [0, 0.05) is 18.7 Å². The van der Waals surface area contributed by atoms with Gasteiger partial charge in [-0.3, -0.25) is 5.10 Å². The zero-order chi connectivity index (χ0) is 25.4. The van der Waals surface area contributed by atoms with E-state index in [1.807, 2.05) is 54.6 Å². The molecule has 2 aromatic carbocycles. The maximum Gasteiger partial charge on any atom is 0.339 e. The zero-order valence-electron chi connectivity index (χ0n) is 19.5. The third-order valence-corrected chi connectivity index (χ3v) is 6.84. The van der Waals surface area contributed by atoms with E-state index in [2.05, 4.69) is 30.3 Å². The topological polar surface area (TPSA) is 136 Å². The van der Waals surface area contributed by atoms with Crippen LogP contribution in [0.3, 0.4) is 0 Å². The fourth-order valence-electron chi connectivity index (χ4n) is 3.67. The largest absolute Gasteiger partial charge is 0.457 e. The van der Waals surface area contributed by atoms with E-state index in [0.717, 1.165) is 47.4 Å². The first-order chi connectivity index (χ1) is 17.5. The first-order valence-electron chi connectivity index (χ1n) is 11.3. The molecule has 0 spiro atoms. The normalized spacial score (nSPS) is 14.0. The number of para-hydroxylation sites is 1. The second-order valence-corrected chi connectivity index (χ2v) is 9.49. The van der Waals surface area contributed by atoms with Crippen LogP contribution in [0.5, 0.6) is 11.5 Å². The Morgan fingerprint density at radius 1 is 1.00 bits per heavy atom. The molecule has 0 aliphatic carbocycles. The number of nitrogens with zero attached hydrogens (tertiary/aromatic N) is 4. The molecule has 4 aromatic rings. The number of rotatable bonds is 6. The Hall–Kier alpha value is -3.98. The van der Waals surface area contributed by atoms with Crippen molar-refractivity contribution in [3.63, 3.8) is 0 Å². The smallest absolute Gasteiger partial charge is 0.339 e. The molecular weight excluding hydrogens is 480 g/mol. The standard InChI is InChI=1S/C17H13N5O.C8H13NO3S/c18-16-14-15(21-22-17(14)20-10-19-16)11-6-8-13(9-7-11)23-12-4-2-1-3-5-12;1-2-8-12-13(10,11)9-6-4-3-5-7-9/h1-10H,(H3,18,19,20,21,22);1H,3-8H2.